The van der Waals surface area contributed by atoms with Crippen LogP contribution in [0.1, 0.15) is 31.1 Å². The lowest BCUT2D eigenvalue weighted by Crippen LogP contribution is -2.13. The van der Waals surface area contributed by atoms with Crippen LogP contribution >= 0.6 is 11.6 Å². The number of nitrogen functional groups attached to an aromatic ring is 1. The van der Waals surface area contributed by atoms with Gasteiger partial charge in [0.1, 0.15) is 0 Å². The van der Waals surface area contributed by atoms with E-state index in [0.29, 0.717) is 59.0 Å². The number of nitrogens with two attached hydrogens (primary N) is 1. The number of ether oxygens (including phenoxy) is 3. The molecular weight excluding hydrogens is 356 g/mol. The van der Waals surface area contributed by atoms with Crippen LogP contribution in [0, 0.1) is 0 Å². The van der Waals surface area contributed by atoms with Gasteiger partial charge in [-0.1, -0.05) is 11.6 Å². The maximum atomic E-state index is 12.7. The average molecular weight is 379 g/mol. The monoisotopic (exact) mass is 378 g/mol. The molecule has 0 aliphatic heterocycles. The van der Waals surface area contributed by atoms with Gasteiger partial charge in [-0.2, -0.15) is 0 Å². The summed E-state index contributed by atoms with van der Waals surface area (Å²) in [5.41, 5.74) is 7.03. The topological polar surface area (TPSA) is 82.8 Å². The summed E-state index contributed by atoms with van der Waals surface area (Å²) < 4.78 is 16.9. The molecule has 6 nitrogen and oxygen atoms in total. The summed E-state index contributed by atoms with van der Waals surface area (Å²) in [6.07, 6.45) is 0. The van der Waals surface area contributed by atoms with E-state index in [1.54, 1.807) is 30.3 Å². The zero-order chi connectivity index (χ0) is 19.1. The molecule has 1 amide bonds. The Morgan fingerprint density at radius 1 is 1.00 bits per heavy atom. The van der Waals surface area contributed by atoms with Gasteiger partial charge in [-0.3, -0.25) is 4.79 Å². The zero-order valence-electron chi connectivity index (χ0n) is 15.1. The van der Waals surface area contributed by atoms with Crippen molar-refractivity contribution in [3.05, 3.63) is 40.9 Å². The average Bonchev–Trinajstić information content (AvgIpc) is 2.60. The van der Waals surface area contributed by atoms with Gasteiger partial charge in [0.25, 0.3) is 5.91 Å². The minimum atomic E-state index is -0.346. The van der Waals surface area contributed by atoms with Crippen molar-refractivity contribution in [3.8, 4) is 17.2 Å². The molecule has 0 radical (unpaired) electrons. The first-order valence-corrected chi connectivity index (χ1v) is 8.80. The number of anilines is 2. The lowest BCUT2D eigenvalue weighted by atomic mass is 10.1. The normalized spacial score (nSPS) is 10.3. The summed E-state index contributed by atoms with van der Waals surface area (Å²) in [7, 11) is 0. The van der Waals surface area contributed by atoms with Crippen LogP contribution in [-0.2, 0) is 0 Å². The Kier molecular flexibility index (Phi) is 6.97. The summed E-state index contributed by atoms with van der Waals surface area (Å²) in [6, 6.07) is 8.13. The zero-order valence-corrected chi connectivity index (χ0v) is 15.9. The second-order valence-electron chi connectivity index (χ2n) is 5.29. The van der Waals surface area contributed by atoms with E-state index in [0.717, 1.165) is 0 Å². The number of carbonyl (C=O) groups is 1. The second-order valence-corrected chi connectivity index (χ2v) is 5.70. The molecule has 26 heavy (non-hydrogen) atoms. The first-order chi connectivity index (χ1) is 12.5. The number of halogens is 1. The number of carbonyl (C=O) groups excluding carboxylic acids is 1. The molecule has 0 aromatic heterocycles. The number of hydrogen-bond acceptors (Lipinski definition) is 5. The number of hydrogen-bond donors (Lipinski definition) is 2. The van der Waals surface area contributed by atoms with Gasteiger partial charge < -0.3 is 25.3 Å². The van der Waals surface area contributed by atoms with Gasteiger partial charge in [0.15, 0.2) is 11.5 Å². The molecule has 0 heterocycles. The Labute approximate surface area is 158 Å². The van der Waals surface area contributed by atoms with Crippen LogP contribution in [0.15, 0.2) is 30.3 Å². The number of nitrogens with one attached hydrogen (secondary N) is 1. The Hall–Kier alpha value is -2.60. The maximum Gasteiger partial charge on any atom is 0.255 e. The summed E-state index contributed by atoms with van der Waals surface area (Å²) in [6.45, 7) is 6.90. The smallest absolute Gasteiger partial charge is 0.255 e. The first-order valence-electron chi connectivity index (χ1n) is 8.42. The van der Waals surface area contributed by atoms with Gasteiger partial charge in [-0.15, -0.1) is 0 Å². The third kappa shape index (κ3) is 4.73. The number of benzene rings is 2. The van der Waals surface area contributed by atoms with Gasteiger partial charge >= 0.3 is 0 Å². The summed E-state index contributed by atoms with van der Waals surface area (Å²) in [4.78, 5) is 12.7. The lowest BCUT2D eigenvalue weighted by molar-refractivity contribution is 0.102. The van der Waals surface area contributed by atoms with Gasteiger partial charge in [0.2, 0.25) is 5.75 Å². The van der Waals surface area contributed by atoms with E-state index < -0.39 is 0 Å². The van der Waals surface area contributed by atoms with E-state index in [9.17, 15) is 4.79 Å². The molecular formula is C19H23ClN2O4. The van der Waals surface area contributed by atoms with Crippen LogP contribution in [0.3, 0.4) is 0 Å². The number of rotatable bonds is 8. The second kappa shape index (κ2) is 9.20. The van der Waals surface area contributed by atoms with Crippen LogP contribution in [-0.4, -0.2) is 25.7 Å². The van der Waals surface area contributed by atoms with E-state index in [1.807, 2.05) is 20.8 Å². The molecule has 2 rings (SSSR count). The summed E-state index contributed by atoms with van der Waals surface area (Å²) in [5, 5.41) is 3.13. The van der Waals surface area contributed by atoms with Crippen molar-refractivity contribution >= 4 is 28.9 Å². The van der Waals surface area contributed by atoms with Crippen molar-refractivity contribution in [1.29, 1.82) is 0 Å². The molecule has 2 aromatic rings. The van der Waals surface area contributed by atoms with E-state index in [4.69, 9.17) is 31.5 Å². The van der Waals surface area contributed by atoms with Gasteiger partial charge in [-0.05, 0) is 51.1 Å². The van der Waals surface area contributed by atoms with Crippen molar-refractivity contribution in [2.24, 2.45) is 0 Å². The highest BCUT2D eigenvalue weighted by atomic mass is 35.5. The molecule has 0 spiro atoms. The highest BCUT2D eigenvalue weighted by Gasteiger charge is 2.19. The van der Waals surface area contributed by atoms with Crippen molar-refractivity contribution < 1.29 is 19.0 Å². The molecule has 2 aromatic carbocycles. The summed E-state index contributed by atoms with van der Waals surface area (Å²) >= 11 is 6.13. The Morgan fingerprint density at radius 3 is 2.08 bits per heavy atom. The van der Waals surface area contributed by atoms with E-state index in [-0.39, 0.29) is 5.91 Å². The van der Waals surface area contributed by atoms with Crippen LogP contribution in [0.4, 0.5) is 11.4 Å². The molecule has 0 saturated heterocycles. The van der Waals surface area contributed by atoms with Crippen LogP contribution in [0.25, 0.3) is 0 Å². The predicted octanol–water partition coefficient (Wildman–Crippen LogP) is 4.37. The SMILES string of the molecule is CCOc1cc(C(=O)Nc2ccc(N)cc2Cl)cc(OCC)c1OCC. The van der Waals surface area contributed by atoms with Crippen molar-refractivity contribution in [2.45, 2.75) is 20.8 Å². The van der Waals surface area contributed by atoms with Gasteiger partial charge in [0.05, 0.1) is 30.5 Å². The highest BCUT2D eigenvalue weighted by Crippen LogP contribution is 2.39. The molecule has 0 bridgehead atoms. The van der Waals surface area contributed by atoms with Crippen LogP contribution in [0.2, 0.25) is 5.02 Å². The fourth-order valence-electron chi connectivity index (χ4n) is 2.35. The predicted molar refractivity (Wildman–Crippen MR) is 104 cm³/mol. The van der Waals surface area contributed by atoms with Crippen molar-refractivity contribution in [2.75, 3.05) is 30.9 Å². The highest BCUT2D eigenvalue weighted by molar-refractivity contribution is 6.34. The third-order valence-electron chi connectivity index (χ3n) is 3.41. The minimum absolute atomic E-state index is 0.346. The Bertz CT molecular complexity index is 753. The third-order valence-corrected chi connectivity index (χ3v) is 3.73. The molecule has 0 aliphatic carbocycles. The lowest BCUT2D eigenvalue weighted by Gasteiger charge is -2.17. The molecule has 0 unspecified atom stereocenters. The maximum absolute atomic E-state index is 12.7. The van der Waals surface area contributed by atoms with Gasteiger partial charge in [-0.25, -0.2) is 0 Å². The molecule has 0 atom stereocenters. The molecule has 0 saturated carbocycles. The van der Waals surface area contributed by atoms with E-state index in [2.05, 4.69) is 5.32 Å². The van der Waals surface area contributed by atoms with E-state index >= 15 is 0 Å². The molecule has 3 N–H and O–H groups in total. The molecule has 7 heteroatoms. The largest absolute Gasteiger partial charge is 0.490 e. The van der Waals surface area contributed by atoms with Crippen molar-refractivity contribution in [1.82, 2.24) is 0 Å². The van der Waals surface area contributed by atoms with Crippen molar-refractivity contribution in [3.63, 3.8) is 0 Å². The minimum Gasteiger partial charge on any atom is -0.490 e. The molecule has 140 valence electrons. The Balaban J connectivity index is 2.38. The van der Waals surface area contributed by atoms with Crippen LogP contribution < -0.4 is 25.3 Å². The quantitative estimate of drug-likeness (QED) is 0.666. The van der Waals surface area contributed by atoms with E-state index in [1.165, 1.54) is 0 Å². The fraction of sp³-hybridized carbons (Fsp3) is 0.316. The summed E-state index contributed by atoms with van der Waals surface area (Å²) in [5.74, 6) is 1.04. The van der Waals surface area contributed by atoms with Gasteiger partial charge in [0, 0.05) is 11.3 Å². The standard InChI is InChI=1S/C19H23ClN2O4/c1-4-24-16-9-12(10-17(25-5-2)18(16)26-6-3)19(23)22-15-8-7-13(21)11-14(15)20/h7-11H,4-6,21H2,1-3H3,(H,22,23). The Morgan fingerprint density at radius 2 is 1.58 bits per heavy atom. The molecule has 0 aliphatic rings. The number of amides is 1. The first kappa shape index (κ1) is 19.7. The van der Waals surface area contributed by atoms with Crippen LogP contribution in [0.5, 0.6) is 17.2 Å². The molecule has 0 fully saturated rings. The fourth-order valence-corrected chi connectivity index (χ4v) is 2.58.